The number of nitrogens with zero attached hydrogens (tertiary/aromatic N) is 2. The zero-order chi connectivity index (χ0) is 26.4. The molecule has 1 aliphatic carbocycles. The van der Waals surface area contributed by atoms with Crippen molar-refractivity contribution in [2.45, 2.75) is 38.6 Å². The van der Waals surface area contributed by atoms with Gasteiger partial charge in [-0.3, -0.25) is 4.68 Å². The second-order valence-corrected chi connectivity index (χ2v) is 11.6. The highest BCUT2D eigenvalue weighted by Gasteiger charge is 2.27. The lowest BCUT2D eigenvalue weighted by Gasteiger charge is -2.28. The first-order valence-corrected chi connectivity index (χ1v) is 14.6. The maximum Gasteiger partial charge on any atom is 0.329 e. The van der Waals surface area contributed by atoms with Gasteiger partial charge in [0.1, 0.15) is 23.9 Å². The van der Waals surface area contributed by atoms with E-state index in [1.165, 1.54) is 6.07 Å². The van der Waals surface area contributed by atoms with Crippen molar-refractivity contribution in [2.24, 2.45) is 11.8 Å². The second kappa shape index (κ2) is 12.9. The third-order valence-electron chi connectivity index (χ3n) is 6.93. The van der Waals surface area contributed by atoms with Crippen LogP contribution in [0.25, 0.3) is 22.4 Å². The van der Waals surface area contributed by atoms with E-state index in [9.17, 15) is 9.35 Å². The highest BCUT2D eigenvalue weighted by atomic mass is 35.5. The van der Waals surface area contributed by atoms with E-state index in [4.69, 9.17) is 26.5 Å². The Bertz CT molecular complexity index is 1200. The highest BCUT2D eigenvalue weighted by Crippen LogP contribution is 2.39. The van der Waals surface area contributed by atoms with Crippen molar-refractivity contribution in [3.63, 3.8) is 0 Å². The third-order valence-corrected chi connectivity index (χ3v) is 8.00. The number of carboxylic acid groups (broad SMARTS) is 1. The van der Waals surface area contributed by atoms with Gasteiger partial charge in [-0.05, 0) is 43.6 Å². The number of hydrogen-bond donors (Lipinski definition) is 1. The fourth-order valence-electron chi connectivity index (χ4n) is 5.06. The lowest BCUT2D eigenvalue weighted by atomic mass is 9.82. The summed E-state index contributed by atoms with van der Waals surface area (Å²) < 4.78 is 34.7. The van der Waals surface area contributed by atoms with Crippen LogP contribution in [0.5, 0.6) is 0 Å². The van der Waals surface area contributed by atoms with E-state index in [2.05, 4.69) is 0 Å². The summed E-state index contributed by atoms with van der Waals surface area (Å²) in [7, 11) is 0. The number of carbonyl (C=O) groups is 1. The van der Waals surface area contributed by atoms with Gasteiger partial charge in [0.2, 0.25) is 0 Å². The molecule has 0 bridgehead atoms. The SMILES string of the molecule is C[S+]([O-])CCc1c(-c2cccc(Cl)c2F)c(-c2ccccc2)nn1C[C@H]1CC[C@H](COCC(=O)O)CC1. The van der Waals surface area contributed by atoms with Crippen LogP contribution in [-0.2, 0) is 33.7 Å². The Kier molecular flexibility index (Phi) is 9.65. The first kappa shape index (κ1) is 27.6. The Morgan fingerprint density at radius 3 is 2.54 bits per heavy atom. The fourth-order valence-corrected chi connectivity index (χ4v) is 5.71. The molecular formula is C28H32ClFN2O4S. The standard InChI is InChI=1S/C28H32ClFN2O4S/c1-37(35)15-14-24-26(22-8-5-9-23(29)27(22)30)28(21-6-3-2-4-7-21)31-32(24)16-19-10-12-20(13-11-19)17-36-18-25(33)34/h2-9,19-20H,10-18H2,1H3,(H,33,34)/t19-,20-,37?. The minimum Gasteiger partial charge on any atom is -0.617 e. The molecule has 4 rings (SSSR count). The topological polar surface area (TPSA) is 87.4 Å². The number of hydrogen-bond acceptors (Lipinski definition) is 4. The second-order valence-electron chi connectivity index (χ2n) is 9.64. The van der Waals surface area contributed by atoms with Crippen molar-refractivity contribution in [3.8, 4) is 22.4 Å². The van der Waals surface area contributed by atoms with Gasteiger partial charge in [0, 0.05) is 29.7 Å². The molecule has 37 heavy (non-hydrogen) atoms. The van der Waals surface area contributed by atoms with Crippen LogP contribution >= 0.6 is 11.6 Å². The first-order valence-electron chi connectivity index (χ1n) is 12.5. The molecule has 1 N–H and O–H groups in total. The molecule has 1 atom stereocenters. The van der Waals surface area contributed by atoms with Gasteiger partial charge in [-0.2, -0.15) is 5.10 Å². The molecule has 1 aliphatic rings. The highest BCUT2D eigenvalue weighted by molar-refractivity contribution is 7.90. The van der Waals surface area contributed by atoms with Crippen molar-refractivity contribution < 1.29 is 23.6 Å². The van der Waals surface area contributed by atoms with E-state index in [0.717, 1.165) is 36.9 Å². The van der Waals surface area contributed by atoms with Gasteiger partial charge >= 0.3 is 5.97 Å². The van der Waals surface area contributed by atoms with Crippen LogP contribution in [0, 0.1) is 17.7 Å². The summed E-state index contributed by atoms with van der Waals surface area (Å²) in [5.41, 5.74) is 3.53. The Labute approximate surface area is 225 Å². The van der Waals surface area contributed by atoms with Crippen LogP contribution in [0.2, 0.25) is 5.02 Å². The van der Waals surface area contributed by atoms with E-state index in [1.807, 2.05) is 35.0 Å². The molecule has 0 spiro atoms. The quantitative estimate of drug-likeness (QED) is 0.305. The number of benzene rings is 2. The van der Waals surface area contributed by atoms with E-state index < -0.39 is 23.0 Å². The molecule has 3 aromatic rings. The zero-order valence-corrected chi connectivity index (χ0v) is 22.4. The van der Waals surface area contributed by atoms with Gasteiger partial charge in [-0.15, -0.1) is 0 Å². The maximum atomic E-state index is 15.3. The molecule has 1 fully saturated rings. The van der Waals surface area contributed by atoms with Gasteiger partial charge in [0.15, 0.2) is 0 Å². The Hall–Kier alpha value is -2.39. The molecule has 6 nitrogen and oxygen atoms in total. The minimum atomic E-state index is -1.02. The number of rotatable bonds is 11. The Morgan fingerprint density at radius 2 is 1.86 bits per heavy atom. The smallest absolute Gasteiger partial charge is 0.329 e. The van der Waals surface area contributed by atoms with Crippen LogP contribution in [0.1, 0.15) is 31.4 Å². The minimum absolute atomic E-state index is 0.0534. The number of ether oxygens (including phenoxy) is 1. The molecule has 0 radical (unpaired) electrons. The molecule has 1 aromatic heterocycles. The molecular weight excluding hydrogens is 515 g/mol. The van der Waals surface area contributed by atoms with Gasteiger partial charge in [0.05, 0.1) is 23.6 Å². The predicted molar refractivity (Wildman–Crippen MR) is 145 cm³/mol. The molecule has 2 aromatic carbocycles. The van der Waals surface area contributed by atoms with Crippen LogP contribution in [0.3, 0.4) is 0 Å². The fraction of sp³-hybridized carbons (Fsp3) is 0.429. The number of aromatic nitrogens is 2. The summed E-state index contributed by atoms with van der Waals surface area (Å²) in [6.45, 7) is 0.877. The summed E-state index contributed by atoms with van der Waals surface area (Å²) >= 11 is 5.16. The van der Waals surface area contributed by atoms with Crippen molar-refractivity contribution in [1.82, 2.24) is 9.78 Å². The molecule has 0 amide bonds. The monoisotopic (exact) mass is 546 g/mol. The van der Waals surface area contributed by atoms with Gasteiger partial charge in [0.25, 0.3) is 0 Å². The maximum absolute atomic E-state index is 15.3. The van der Waals surface area contributed by atoms with E-state index >= 15 is 4.39 Å². The predicted octanol–water partition coefficient (Wildman–Crippen LogP) is 5.84. The van der Waals surface area contributed by atoms with E-state index in [-0.39, 0.29) is 11.6 Å². The lowest BCUT2D eigenvalue weighted by Crippen LogP contribution is -2.24. The Morgan fingerprint density at radius 1 is 1.16 bits per heavy atom. The first-order chi connectivity index (χ1) is 17.8. The van der Waals surface area contributed by atoms with E-state index in [1.54, 1.807) is 18.4 Å². The van der Waals surface area contributed by atoms with Gasteiger partial charge in [-0.25, -0.2) is 9.18 Å². The van der Waals surface area contributed by atoms with Crippen molar-refractivity contribution in [2.75, 3.05) is 25.2 Å². The van der Waals surface area contributed by atoms with Crippen molar-refractivity contribution in [1.29, 1.82) is 0 Å². The molecule has 198 valence electrons. The largest absolute Gasteiger partial charge is 0.617 e. The summed E-state index contributed by atoms with van der Waals surface area (Å²) in [6, 6.07) is 14.7. The average Bonchev–Trinajstić information content (AvgIpc) is 3.23. The third kappa shape index (κ3) is 7.13. The van der Waals surface area contributed by atoms with Crippen molar-refractivity contribution >= 4 is 28.7 Å². The number of halogens is 2. The van der Waals surface area contributed by atoms with Gasteiger partial charge < -0.3 is 14.4 Å². The molecule has 0 aliphatic heterocycles. The number of aliphatic carboxylic acids is 1. The average molecular weight is 547 g/mol. The summed E-state index contributed by atoms with van der Waals surface area (Å²) in [6.07, 6.45) is 6.04. The van der Waals surface area contributed by atoms with Crippen LogP contribution < -0.4 is 0 Å². The molecule has 9 heteroatoms. The van der Waals surface area contributed by atoms with Crippen molar-refractivity contribution in [3.05, 3.63) is 65.1 Å². The van der Waals surface area contributed by atoms with Crippen LogP contribution in [0.4, 0.5) is 4.39 Å². The summed E-state index contributed by atoms with van der Waals surface area (Å²) in [5.74, 6) is -0.257. The Balaban J connectivity index is 1.66. The lowest BCUT2D eigenvalue weighted by molar-refractivity contribution is -0.142. The number of carboxylic acids is 1. The normalized spacial score (nSPS) is 18.6. The molecule has 1 heterocycles. The summed E-state index contributed by atoms with van der Waals surface area (Å²) in [5, 5.41) is 13.8. The van der Waals surface area contributed by atoms with E-state index in [0.29, 0.717) is 54.0 Å². The molecule has 0 saturated heterocycles. The summed E-state index contributed by atoms with van der Waals surface area (Å²) in [4.78, 5) is 10.7. The molecule has 1 saturated carbocycles. The van der Waals surface area contributed by atoms with Crippen LogP contribution in [-0.4, -0.2) is 50.6 Å². The molecule has 1 unspecified atom stereocenters. The van der Waals surface area contributed by atoms with Gasteiger partial charge in [-0.1, -0.05) is 65.2 Å². The van der Waals surface area contributed by atoms with Crippen LogP contribution in [0.15, 0.2) is 48.5 Å². The zero-order valence-electron chi connectivity index (χ0n) is 20.9.